The molecule has 1 saturated carbocycles. The summed E-state index contributed by atoms with van der Waals surface area (Å²) in [5, 5.41) is 3.78. The van der Waals surface area contributed by atoms with Gasteiger partial charge in [0.2, 0.25) is 0 Å². The number of fused-ring (bicyclic) bond motifs is 2. The molecule has 2 saturated heterocycles. The van der Waals surface area contributed by atoms with E-state index in [0.717, 1.165) is 30.0 Å². The Morgan fingerprint density at radius 1 is 1.00 bits per heavy atom. The van der Waals surface area contributed by atoms with E-state index in [1.807, 2.05) is 0 Å². The van der Waals surface area contributed by atoms with E-state index in [1.165, 1.54) is 64.5 Å². The molecule has 3 aliphatic rings. The lowest BCUT2D eigenvalue weighted by molar-refractivity contribution is 0.108. The van der Waals surface area contributed by atoms with E-state index in [9.17, 15) is 0 Å². The van der Waals surface area contributed by atoms with Crippen LogP contribution in [0.1, 0.15) is 65.2 Å². The minimum absolute atomic E-state index is 0.836. The van der Waals surface area contributed by atoms with Gasteiger partial charge < -0.3 is 10.2 Å². The second-order valence-corrected chi connectivity index (χ2v) is 7.49. The highest BCUT2D eigenvalue weighted by Crippen LogP contribution is 2.33. The first-order chi connectivity index (χ1) is 9.24. The summed E-state index contributed by atoms with van der Waals surface area (Å²) in [4.78, 5) is 2.83. The molecule has 0 aromatic carbocycles. The fourth-order valence-electron chi connectivity index (χ4n) is 4.92. The third-order valence-corrected chi connectivity index (χ3v) is 5.91. The second-order valence-electron chi connectivity index (χ2n) is 7.49. The predicted molar refractivity (Wildman–Crippen MR) is 81.3 cm³/mol. The van der Waals surface area contributed by atoms with E-state index < -0.39 is 0 Å². The fraction of sp³-hybridized carbons (Fsp3) is 1.00. The molecule has 2 heteroatoms. The molecule has 1 N–H and O–H groups in total. The molecule has 1 aliphatic carbocycles. The van der Waals surface area contributed by atoms with Crippen molar-refractivity contribution in [3.05, 3.63) is 0 Å². The minimum Gasteiger partial charge on any atom is -0.311 e. The first-order valence-electron chi connectivity index (χ1n) is 8.74. The Labute approximate surface area is 119 Å². The van der Waals surface area contributed by atoms with Gasteiger partial charge in [-0.25, -0.2) is 0 Å². The van der Waals surface area contributed by atoms with Crippen LogP contribution in [-0.2, 0) is 0 Å². The number of hydrogen-bond donors (Lipinski definition) is 1. The van der Waals surface area contributed by atoms with Crippen LogP contribution in [-0.4, -0.2) is 36.1 Å². The Bertz CT molecular complexity index is 279. The molecule has 3 fully saturated rings. The van der Waals surface area contributed by atoms with Crippen LogP contribution in [0.25, 0.3) is 0 Å². The van der Waals surface area contributed by atoms with Crippen molar-refractivity contribution in [1.82, 2.24) is 10.2 Å². The quantitative estimate of drug-likeness (QED) is 0.837. The van der Waals surface area contributed by atoms with Crippen LogP contribution in [0, 0.1) is 11.8 Å². The zero-order valence-electron chi connectivity index (χ0n) is 12.9. The smallest absolute Gasteiger partial charge is 0.0125 e. The van der Waals surface area contributed by atoms with Gasteiger partial charge in [-0.2, -0.15) is 0 Å². The maximum atomic E-state index is 3.78. The normalized spacial score (nSPS) is 42.8. The molecule has 4 unspecified atom stereocenters. The first kappa shape index (κ1) is 13.9. The summed E-state index contributed by atoms with van der Waals surface area (Å²) in [6.45, 7) is 7.46. The maximum absolute atomic E-state index is 3.78. The molecule has 0 amide bonds. The van der Waals surface area contributed by atoms with Crippen LogP contribution in [0.4, 0.5) is 0 Å². The fourth-order valence-corrected chi connectivity index (χ4v) is 4.92. The number of nitrogens with one attached hydrogen (secondary N) is 1. The van der Waals surface area contributed by atoms with Crippen molar-refractivity contribution >= 4 is 0 Å². The summed E-state index contributed by atoms with van der Waals surface area (Å²) in [5.74, 6) is 1.96. The molecule has 0 aromatic heterocycles. The third-order valence-electron chi connectivity index (χ3n) is 5.91. The van der Waals surface area contributed by atoms with Gasteiger partial charge in [0.05, 0.1) is 0 Å². The van der Waals surface area contributed by atoms with Crippen molar-refractivity contribution < 1.29 is 0 Å². The third kappa shape index (κ3) is 3.33. The van der Waals surface area contributed by atoms with Crippen LogP contribution < -0.4 is 5.32 Å². The summed E-state index contributed by atoms with van der Waals surface area (Å²) in [5.41, 5.74) is 0. The van der Waals surface area contributed by atoms with Gasteiger partial charge in [0.25, 0.3) is 0 Å². The van der Waals surface area contributed by atoms with E-state index in [4.69, 9.17) is 0 Å². The van der Waals surface area contributed by atoms with E-state index in [0.29, 0.717) is 0 Å². The van der Waals surface area contributed by atoms with Crippen LogP contribution in [0.15, 0.2) is 0 Å². The molecule has 3 rings (SSSR count). The van der Waals surface area contributed by atoms with Gasteiger partial charge in [0.15, 0.2) is 0 Å². The lowest BCUT2D eigenvalue weighted by atomic mass is 9.82. The number of rotatable bonds is 4. The average molecular weight is 264 g/mol. The SMILES string of the molecule is CCN(CC1CCCC(C)C1)C1CC2CCC(C1)N2. The highest BCUT2D eigenvalue weighted by molar-refractivity contribution is 4.95. The van der Waals surface area contributed by atoms with Gasteiger partial charge in [-0.15, -0.1) is 0 Å². The van der Waals surface area contributed by atoms with Gasteiger partial charge >= 0.3 is 0 Å². The molecule has 0 radical (unpaired) electrons. The molecule has 2 nitrogen and oxygen atoms in total. The van der Waals surface area contributed by atoms with Crippen LogP contribution >= 0.6 is 0 Å². The first-order valence-corrected chi connectivity index (χ1v) is 8.74. The highest BCUT2D eigenvalue weighted by atomic mass is 15.2. The lowest BCUT2D eigenvalue weighted by Crippen LogP contribution is -2.49. The Balaban J connectivity index is 1.55. The molecule has 19 heavy (non-hydrogen) atoms. The number of hydrogen-bond acceptors (Lipinski definition) is 2. The predicted octanol–water partition coefficient (Wildman–Crippen LogP) is 3.42. The zero-order valence-corrected chi connectivity index (χ0v) is 12.9. The molecular weight excluding hydrogens is 232 g/mol. The van der Waals surface area contributed by atoms with Crippen LogP contribution in [0.2, 0.25) is 0 Å². The standard InChI is InChI=1S/C17H32N2/c1-3-19(12-14-6-4-5-13(2)9-14)17-10-15-7-8-16(11-17)18-15/h13-18H,3-12H2,1-2H3. The summed E-state index contributed by atoms with van der Waals surface area (Å²) in [6, 6.07) is 2.55. The molecule has 2 bridgehead atoms. The molecule has 2 heterocycles. The van der Waals surface area contributed by atoms with Gasteiger partial charge in [0.1, 0.15) is 0 Å². The Morgan fingerprint density at radius 3 is 2.37 bits per heavy atom. The maximum Gasteiger partial charge on any atom is 0.0125 e. The molecule has 0 spiro atoms. The summed E-state index contributed by atoms with van der Waals surface area (Å²) in [6.07, 6.45) is 11.6. The van der Waals surface area contributed by atoms with Gasteiger partial charge in [-0.05, 0) is 56.9 Å². The molecular formula is C17H32N2. The van der Waals surface area contributed by atoms with E-state index in [-0.39, 0.29) is 0 Å². The molecule has 0 aromatic rings. The Kier molecular flexibility index (Phi) is 4.48. The summed E-state index contributed by atoms with van der Waals surface area (Å²) >= 11 is 0. The molecule has 4 atom stereocenters. The summed E-state index contributed by atoms with van der Waals surface area (Å²) < 4.78 is 0. The second kappa shape index (κ2) is 6.13. The Hall–Kier alpha value is -0.0800. The zero-order chi connectivity index (χ0) is 13.2. The van der Waals surface area contributed by atoms with Gasteiger partial charge in [-0.3, -0.25) is 0 Å². The monoisotopic (exact) mass is 264 g/mol. The van der Waals surface area contributed by atoms with Crippen LogP contribution in [0.3, 0.4) is 0 Å². The minimum atomic E-state index is 0.836. The lowest BCUT2D eigenvalue weighted by Gasteiger charge is -2.40. The van der Waals surface area contributed by atoms with Crippen molar-refractivity contribution in [3.63, 3.8) is 0 Å². The number of nitrogens with zero attached hydrogens (tertiary/aromatic N) is 1. The number of piperidine rings is 1. The van der Waals surface area contributed by atoms with Crippen molar-refractivity contribution in [2.75, 3.05) is 13.1 Å². The summed E-state index contributed by atoms with van der Waals surface area (Å²) in [7, 11) is 0. The van der Waals surface area contributed by atoms with Crippen molar-refractivity contribution in [1.29, 1.82) is 0 Å². The molecule has 2 aliphatic heterocycles. The largest absolute Gasteiger partial charge is 0.311 e. The average Bonchev–Trinajstić information content (AvgIpc) is 2.75. The van der Waals surface area contributed by atoms with E-state index >= 15 is 0 Å². The highest BCUT2D eigenvalue weighted by Gasteiger charge is 2.36. The van der Waals surface area contributed by atoms with Crippen molar-refractivity contribution in [2.45, 2.75) is 83.3 Å². The van der Waals surface area contributed by atoms with Gasteiger partial charge in [-0.1, -0.05) is 26.7 Å². The van der Waals surface area contributed by atoms with Crippen molar-refractivity contribution in [2.24, 2.45) is 11.8 Å². The van der Waals surface area contributed by atoms with Crippen LogP contribution in [0.5, 0.6) is 0 Å². The molecule has 110 valence electrons. The Morgan fingerprint density at radius 2 is 1.74 bits per heavy atom. The van der Waals surface area contributed by atoms with E-state index in [2.05, 4.69) is 24.1 Å². The topological polar surface area (TPSA) is 15.3 Å². The van der Waals surface area contributed by atoms with E-state index in [1.54, 1.807) is 0 Å². The van der Waals surface area contributed by atoms with Gasteiger partial charge in [0, 0.05) is 24.7 Å². The van der Waals surface area contributed by atoms with Crippen molar-refractivity contribution in [3.8, 4) is 0 Å².